The van der Waals surface area contributed by atoms with Gasteiger partial charge in [0.2, 0.25) is 0 Å². The summed E-state index contributed by atoms with van der Waals surface area (Å²) < 4.78 is 6.09. The van der Waals surface area contributed by atoms with E-state index in [0.717, 1.165) is 10.4 Å². The number of carbonyl (C=O) groups excluding carboxylic acids is 1. The van der Waals surface area contributed by atoms with Gasteiger partial charge in [-0.15, -0.1) is 11.3 Å². The van der Waals surface area contributed by atoms with Crippen molar-refractivity contribution in [2.75, 3.05) is 6.61 Å². The van der Waals surface area contributed by atoms with Gasteiger partial charge in [0.25, 0.3) is 5.91 Å². The Morgan fingerprint density at radius 1 is 1.33 bits per heavy atom. The van der Waals surface area contributed by atoms with Crippen LogP contribution in [-0.2, 0) is 4.79 Å². The van der Waals surface area contributed by atoms with Gasteiger partial charge < -0.3 is 4.74 Å². The molecule has 21 heavy (non-hydrogen) atoms. The maximum absolute atomic E-state index is 11.6. The summed E-state index contributed by atoms with van der Waals surface area (Å²) in [5.74, 6) is 0.356. The molecule has 0 unspecified atom stereocenters. The maximum atomic E-state index is 11.6. The predicted octanol–water partition coefficient (Wildman–Crippen LogP) is 3.55. The largest absolute Gasteiger partial charge is 0.484 e. The van der Waals surface area contributed by atoms with E-state index in [9.17, 15) is 4.79 Å². The summed E-state index contributed by atoms with van der Waals surface area (Å²) in [6.07, 6.45) is 1.55. The number of halogens is 1. The fourth-order valence-electron chi connectivity index (χ4n) is 1.55. The van der Waals surface area contributed by atoms with Gasteiger partial charge in [-0.05, 0) is 49.2 Å². The van der Waals surface area contributed by atoms with E-state index in [1.165, 1.54) is 16.9 Å². The number of nitrogens with one attached hydrogen (secondary N) is 1. The van der Waals surface area contributed by atoms with Crippen molar-refractivity contribution in [2.45, 2.75) is 13.8 Å². The van der Waals surface area contributed by atoms with Gasteiger partial charge in [0, 0.05) is 4.88 Å². The smallest absolute Gasteiger partial charge is 0.277 e. The lowest BCUT2D eigenvalue weighted by Gasteiger charge is -2.07. The van der Waals surface area contributed by atoms with E-state index in [4.69, 9.17) is 16.3 Å². The van der Waals surface area contributed by atoms with Crippen LogP contribution in [-0.4, -0.2) is 18.7 Å². The third kappa shape index (κ3) is 4.88. The average molecular weight is 323 g/mol. The van der Waals surface area contributed by atoms with Gasteiger partial charge in [0.1, 0.15) is 5.75 Å². The molecule has 0 spiro atoms. The lowest BCUT2D eigenvalue weighted by molar-refractivity contribution is -0.123. The van der Waals surface area contributed by atoms with Crippen molar-refractivity contribution < 1.29 is 9.53 Å². The van der Waals surface area contributed by atoms with E-state index >= 15 is 0 Å². The van der Waals surface area contributed by atoms with Crippen molar-refractivity contribution in [3.8, 4) is 5.75 Å². The number of thiophene rings is 1. The number of hydrogen-bond acceptors (Lipinski definition) is 4. The van der Waals surface area contributed by atoms with Crippen LogP contribution in [0, 0.1) is 13.8 Å². The van der Waals surface area contributed by atoms with Crippen molar-refractivity contribution in [2.24, 2.45) is 5.10 Å². The second kappa shape index (κ2) is 7.24. The molecule has 2 aromatic rings. The molecule has 0 fully saturated rings. The Morgan fingerprint density at radius 3 is 2.81 bits per heavy atom. The van der Waals surface area contributed by atoms with Crippen LogP contribution >= 0.6 is 22.9 Å². The summed E-state index contributed by atoms with van der Waals surface area (Å²) in [6.45, 7) is 3.95. The summed E-state index contributed by atoms with van der Waals surface area (Å²) in [5.41, 5.74) is 4.72. The van der Waals surface area contributed by atoms with Crippen molar-refractivity contribution in [3.05, 3.63) is 50.7 Å². The molecule has 0 aliphatic rings. The van der Waals surface area contributed by atoms with Gasteiger partial charge in [0.05, 0.1) is 10.6 Å². The summed E-state index contributed by atoms with van der Waals surface area (Å²) in [5, 5.41) is 3.85. The van der Waals surface area contributed by atoms with Crippen LogP contribution in [0.5, 0.6) is 5.75 Å². The standard InChI is InChI=1S/C15H15ClN2O2S/c1-10-3-4-12(7-11(10)2)20-9-15(19)18-17-8-13-5-6-14(16)21-13/h3-8H,9H2,1-2H3,(H,18,19)/b17-8+. The molecule has 1 amide bonds. The summed E-state index contributed by atoms with van der Waals surface area (Å²) in [6, 6.07) is 9.31. The Bertz CT molecular complexity index is 667. The highest BCUT2D eigenvalue weighted by Gasteiger charge is 2.02. The minimum absolute atomic E-state index is 0.0783. The molecule has 1 aromatic heterocycles. The van der Waals surface area contributed by atoms with E-state index in [0.29, 0.717) is 10.1 Å². The molecule has 110 valence electrons. The lowest BCUT2D eigenvalue weighted by Crippen LogP contribution is -2.24. The number of nitrogens with zero attached hydrogens (tertiary/aromatic N) is 1. The van der Waals surface area contributed by atoms with Crippen molar-refractivity contribution in [3.63, 3.8) is 0 Å². The highest BCUT2D eigenvalue weighted by molar-refractivity contribution is 7.17. The minimum atomic E-state index is -0.313. The fraction of sp³-hybridized carbons (Fsp3) is 0.200. The Balaban J connectivity index is 1.79. The third-order valence-electron chi connectivity index (χ3n) is 2.82. The molecular weight excluding hydrogens is 308 g/mol. The molecule has 1 heterocycles. The second-order valence-electron chi connectivity index (χ2n) is 4.47. The van der Waals surface area contributed by atoms with Crippen molar-refractivity contribution in [1.29, 1.82) is 0 Å². The van der Waals surface area contributed by atoms with Crippen molar-refractivity contribution in [1.82, 2.24) is 5.43 Å². The van der Waals surface area contributed by atoms with Crippen molar-refractivity contribution >= 4 is 35.1 Å². The SMILES string of the molecule is Cc1ccc(OCC(=O)N/N=C/c2ccc(Cl)s2)cc1C. The molecule has 1 aromatic carbocycles. The summed E-state index contributed by atoms with van der Waals surface area (Å²) in [7, 11) is 0. The Hall–Kier alpha value is -1.85. The monoisotopic (exact) mass is 322 g/mol. The van der Waals surface area contributed by atoms with E-state index in [-0.39, 0.29) is 12.5 Å². The van der Waals surface area contributed by atoms with Gasteiger partial charge in [-0.1, -0.05) is 17.7 Å². The number of aryl methyl sites for hydroxylation is 2. The average Bonchev–Trinajstić information content (AvgIpc) is 2.86. The molecule has 0 aliphatic carbocycles. The first-order valence-electron chi connectivity index (χ1n) is 6.32. The van der Waals surface area contributed by atoms with Gasteiger partial charge in [-0.25, -0.2) is 5.43 Å². The van der Waals surface area contributed by atoms with E-state index in [1.54, 1.807) is 12.3 Å². The molecule has 6 heteroatoms. The molecule has 2 rings (SSSR count). The first-order chi connectivity index (χ1) is 10.0. The molecule has 0 radical (unpaired) electrons. The van der Waals surface area contributed by atoms with Crippen LogP contribution in [0.25, 0.3) is 0 Å². The van der Waals surface area contributed by atoms with E-state index < -0.39 is 0 Å². The normalized spacial score (nSPS) is 10.8. The number of rotatable bonds is 5. The predicted molar refractivity (Wildman–Crippen MR) is 86.5 cm³/mol. The molecule has 4 nitrogen and oxygen atoms in total. The Labute approximate surface area is 132 Å². The number of ether oxygens (including phenoxy) is 1. The van der Waals surface area contributed by atoms with Crippen LogP contribution in [0.3, 0.4) is 0 Å². The van der Waals surface area contributed by atoms with Gasteiger partial charge >= 0.3 is 0 Å². The Kier molecular flexibility index (Phi) is 5.36. The first kappa shape index (κ1) is 15.5. The lowest BCUT2D eigenvalue weighted by atomic mass is 10.1. The summed E-state index contributed by atoms with van der Waals surface area (Å²) >= 11 is 7.18. The molecule has 1 N–H and O–H groups in total. The van der Waals surface area contributed by atoms with E-state index in [1.807, 2.05) is 38.1 Å². The van der Waals surface area contributed by atoms with Gasteiger partial charge in [0.15, 0.2) is 6.61 Å². The quantitative estimate of drug-likeness (QED) is 0.676. The highest BCUT2D eigenvalue weighted by atomic mass is 35.5. The number of hydrogen-bond donors (Lipinski definition) is 1. The van der Waals surface area contributed by atoms with Crippen LogP contribution < -0.4 is 10.2 Å². The number of amides is 1. The van der Waals surface area contributed by atoms with Crippen LogP contribution in [0.4, 0.5) is 0 Å². The maximum Gasteiger partial charge on any atom is 0.277 e. The topological polar surface area (TPSA) is 50.7 Å². The van der Waals surface area contributed by atoms with Crippen LogP contribution in [0.2, 0.25) is 4.34 Å². The zero-order valence-corrected chi connectivity index (χ0v) is 13.3. The fourth-order valence-corrected chi connectivity index (χ4v) is 2.48. The molecular formula is C15H15ClN2O2S. The van der Waals surface area contributed by atoms with Crippen LogP contribution in [0.1, 0.15) is 16.0 Å². The third-order valence-corrected chi connectivity index (χ3v) is 3.99. The number of carbonyl (C=O) groups is 1. The molecule has 0 aliphatic heterocycles. The Morgan fingerprint density at radius 2 is 2.14 bits per heavy atom. The zero-order chi connectivity index (χ0) is 15.2. The highest BCUT2D eigenvalue weighted by Crippen LogP contribution is 2.19. The number of hydrazone groups is 1. The zero-order valence-electron chi connectivity index (χ0n) is 11.7. The van der Waals surface area contributed by atoms with Gasteiger partial charge in [-0.2, -0.15) is 5.10 Å². The molecule has 0 saturated heterocycles. The van der Waals surface area contributed by atoms with Gasteiger partial charge in [-0.3, -0.25) is 4.79 Å². The molecule has 0 bridgehead atoms. The molecule has 0 saturated carbocycles. The summed E-state index contributed by atoms with van der Waals surface area (Å²) in [4.78, 5) is 12.5. The van der Waals surface area contributed by atoms with Crippen LogP contribution in [0.15, 0.2) is 35.4 Å². The molecule has 0 atom stereocenters. The number of benzene rings is 1. The van der Waals surface area contributed by atoms with E-state index in [2.05, 4.69) is 10.5 Å². The first-order valence-corrected chi connectivity index (χ1v) is 7.51. The minimum Gasteiger partial charge on any atom is -0.484 e. The second-order valence-corrected chi connectivity index (χ2v) is 6.22.